The average Bonchev–Trinajstić information content (AvgIpc) is 2.41. The van der Waals surface area contributed by atoms with Crippen molar-refractivity contribution >= 4 is 15.9 Å². The Labute approximate surface area is 131 Å². The minimum absolute atomic E-state index is 0.0663. The summed E-state index contributed by atoms with van der Waals surface area (Å²) in [5.74, 6) is -0.719. The normalized spacial score (nSPS) is 13.4. The van der Waals surface area contributed by atoms with Gasteiger partial charge in [0.15, 0.2) is 0 Å². The van der Waals surface area contributed by atoms with E-state index in [9.17, 15) is 26.4 Å². The predicted molar refractivity (Wildman–Crippen MR) is 77.0 cm³/mol. The minimum atomic E-state index is -4.75. The summed E-state index contributed by atoms with van der Waals surface area (Å²) in [4.78, 5) is 11.6. The van der Waals surface area contributed by atoms with Gasteiger partial charge in [0, 0.05) is 13.0 Å². The third-order valence-corrected chi connectivity index (χ3v) is 4.23. The summed E-state index contributed by atoms with van der Waals surface area (Å²) in [7, 11) is -3.71. The first-order valence-electron chi connectivity index (χ1n) is 6.60. The van der Waals surface area contributed by atoms with E-state index in [2.05, 4.69) is 10.1 Å². The molecule has 0 aliphatic carbocycles. The van der Waals surface area contributed by atoms with Crippen molar-refractivity contribution in [3.63, 3.8) is 0 Å². The number of benzene rings is 1. The van der Waals surface area contributed by atoms with E-state index in [1.807, 2.05) is 0 Å². The number of ether oxygens (including phenoxy) is 1. The van der Waals surface area contributed by atoms with E-state index in [-0.39, 0.29) is 24.6 Å². The van der Waals surface area contributed by atoms with E-state index < -0.39 is 21.6 Å². The van der Waals surface area contributed by atoms with E-state index in [0.717, 1.165) is 12.1 Å². The lowest BCUT2D eigenvalue weighted by Gasteiger charge is -2.11. The standard InChI is InChI=1S/C13H17F3N2O4S/c1-9(23(17,20)21)8-18-12(19)7-4-10-2-5-11(6-3-10)22-13(14,15)16/h2-3,5-6,9H,4,7-8H2,1H3,(H,18,19)(H2,17,20,21). The van der Waals surface area contributed by atoms with Crippen LogP contribution in [0.2, 0.25) is 0 Å². The maximum atomic E-state index is 12.0. The van der Waals surface area contributed by atoms with Crippen molar-refractivity contribution in [2.75, 3.05) is 6.54 Å². The Hall–Kier alpha value is -1.81. The third-order valence-electron chi connectivity index (χ3n) is 2.95. The number of primary sulfonamides is 1. The second-order valence-electron chi connectivity index (χ2n) is 4.90. The number of hydrogen-bond donors (Lipinski definition) is 2. The number of rotatable bonds is 7. The number of nitrogens with two attached hydrogens (primary N) is 1. The Bertz CT molecular complexity index is 630. The minimum Gasteiger partial charge on any atom is -0.406 e. The van der Waals surface area contributed by atoms with Crippen LogP contribution in [0.5, 0.6) is 5.75 Å². The highest BCUT2D eigenvalue weighted by atomic mass is 32.2. The van der Waals surface area contributed by atoms with Crippen molar-refractivity contribution in [3.8, 4) is 5.75 Å². The molecule has 1 amide bonds. The molecular weight excluding hydrogens is 337 g/mol. The van der Waals surface area contributed by atoms with Crippen LogP contribution in [0.1, 0.15) is 18.9 Å². The van der Waals surface area contributed by atoms with Crippen LogP contribution in [0.15, 0.2) is 24.3 Å². The number of amides is 1. The maximum absolute atomic E-state index is 12.0. The average molecular weight is 354 g/mol. The van der Waals surface area contributed by atoms with E-state index in [1.165, 1.54) is 19.1 Å². The van der Waals surface area contributed by atoms with Gasteiger partial charge in [0.1, 0.15) is 5.75 Å². The molecule has 0 aliphatic heterocycles. The predicted octanol–water partition coefficient (Wildman–Crippen LogP) is 1.31. The van der Waals surface area contributed by atoms with Gasteiger partial charge in [0.05, 0.1) is 5.25 Å². The van der Waals surface area contributed by atoms with Gasteiger partial charge >= 0.3 is 6.36 Å². The molecule has 0 bridgehead atoms. The summed E-state index contributed by atoms with van der Waals surface area (Å²) in [6.45, 7) is 1.27. The van der Waals surface area contributed by atoms with Crippen LogP contribution in [0.25, 0.3) is 0 Å². The summed E-state index contributed by atoms with van der Waals surface area (Å²) in [5, 5.41) is 6.45. The monoisotopic (exact) mass is 354 g/mol. The number of nitrogens with one attached hydrogen (secondary N) is 1. The SMILES string of the molecule is CC(CNC(=O)CCc1ccc(OC(F)(F)F)cc1)S(N)(=O)=O. The van der Waals surface area contributed by atoms with E-state index >= 15 is 0 Å². The van der Waals surface area contributed by atoms with Crippen molar-refractivity contribution in [2.45, 2.75) is 31.4 Å². The number of carbonyl (C=O) groups excluding carboxylic acids is 1. The molecule has 0 saturated heterocycles. The molecule has 1 unspecified atom stereocenters. The van der Waals surface area contributed by atoms with Crippen LogP contribution in [-0.2, 0) is 21.2 Å². The molecule has 0 spiro atoms. The Kier molecular flexibility index (Phi) is 6.39. The van der Waals surface area contributed by atoms with Crippen LogP contribution in [0.3, 0.4) is 0 Å². The fourth-order valence-electron chi connectivity index (χ4n) is 1.58. The molecule has 0 aromatic heterocycles. The number of carbonyl (C=O) groups is 1. The largest absolute Gasteiger partial charge is 0.573 e. The topological polar surface area (TPSA) is 98.5 Å². The molecule has 0 heterocycles. The first kappa shape index (κ1) is 19.2. The molecule has 1 aromatic carbocycles. The zero-order valence-corrected chi connectivity index (χ0v) is 13.1. The lowest BCUT2D eigenvalue weighted by molar-refractivity contribution is -0.274. The quantitative estimate of drug-likeness (QED) is 0.771. The van der Waals surface area contributed by atoms with Gasteiger partial charge in [-0.15, -0.1) is 13.2 Å². The third kappa shape index (κ3) is 7.84. The van der Waals surface area contributed by atoms with Gasteiger partial charge in [0.25, 0.3) is 0 Å². The number of halogens is 3. The van der Waals surface area contributed by atoms with Crippen molar-refractivity contribution < 1.29 is 31.1 Å². The highest BCUT2D eigenvalue weighted by Gasteiger charge is 2.30. The summed E-state index contributed by atoms with van der Waals surface area (Å²) in [6, 6.07) is 5.15. The summed E-state index contributed by atoms with van der Waals surface area (Å²) < 4.78 is 61.7. The van der Waals surface area contributed by atoms with Crippen molar-refractivity contribution in [1.82, 2.24) is 5.32 Å². The van der Waals surface area contributed by atoms with Crippen LogP contribution in [0, 0.1) is 0 Å². The number of alkyl halides is 3. The molecule has 1 atom stereocenters. The Morgan fingerprint density at radius 3 is 2.35 bits per heavy atom. The van der Waals surface area contributed by atoms with E-state index in [4.69, 9.17) is 5.14 Å². The molecular formula is C13H17F3N2O4S. The summed E-state index contributed by atoms with van der Waals surface area (Å²) in [5.41, 5.74) is 0.647. The molecule has 130 valence electrons. The van der Waals surface area contributed by atoms with Gasteiger partial charge in [-0.3, -0.25) is 4.79 Å². The van der Waals surface area contributed by atoms with Crippen LogP contribution in [0.4, 0.5) is 13.2 Å². The maximum Gasteiger partial charge on any atom is 0.573 e. The zero-order chi connectivity index (χ0) is 17.7. The van der Waals surface area contributed by atoms with Crippen LogP contribution >= 0.6 is 0 Å². The Morgan fingerprint density at radius 1 is 1.30 bits per heavy atom. The molecule has 1 rings (SSSR count). The van der Waals surface area contributed by atoms with Crippen LogP contribution < -0.4 is 15.2 Å². The fraction of sp³-hybridized carbons (Fsp3) is 0.462. The highest BCUT2D eigenvalue weighted by Crippen LogP contribution is 2.22. The highest BCUT2D eigenvalue weighted by molar-refractivity contribution is 7.89. The van der Waals surface area contributed by atoms with Gasteiger partial charge in [-0.05, 0) is 31.0 Å². The van der Waals surface area contributed by atoms with Gasteiger partial charge < -0.3 is 10.1 Å². The first-order valence-corrected chi connectivity index (χ1v) is 8.21. The van der Waals surface area contributed by atoms with Gasteiger partial charge in [-0.2, -0.15) is 0 Å². The fourth-order valence-corrected chi connectivity index (χ4v) is 1.89. The summed E-state index contributed by atoms with van der Waals surface area (Å²) in [6.07, 6.45) is -4.39. The van der Waals surface area contributed by atoms with Crippen molar-refractivity contribution in [1.29, 1.82) is 0 Å². The van der Waals surface area contributed by atoms with E-state index in [1.54, 1.807) is 0 Å². The van der Waals surface area contributed by atoms with E-state index in [0.29, 0.717) is 12.0 Å². The Morgan fingerprint density at radius 2 is 1.87 bits per heavy atom. The van der Waals surface area contributed by atoms with Gasteiger partial charge in [-0.25, -0.2) is 13.6 Å². The zero-order valence-electron chi connectivity index (χ0n) is 12.3. The summed E-state index contributed by atoms with van der Waals surface area (Å²) >= 11 is 0. The molecule has 23 heavy (non-hydrogen) atoms. The van der Waals surface area contributed by atoms with Crippen LogP contribution in [-0.4, -0.2) is 32.5 Å². The van der Waals surface area contributed by atoms with Crippen molar-refractivity contribution in [2.24, 2.45) is 5.14 Å². The molecule has 3 N–H and O–H groups in total. The lowest BCUT2D eigenvalue weighted by Crippen LogP contribution is -2.38. The molecule has 0 saturated carbocycles. The smallest absolute Gasteiger partial charge is 0.406 e. The molecule has 0 aliphatic rings. The first-order chi connectivity index (χ1) is 10.5. The Balaban J connectivity index is 2.42. The molecule has 0 fully saturated rings. The lowest BCUT2D eigenvalue weighted by atomic mass is 10.1. The number of hydrogen-bond acceptors (Lipinski definition) is 4. The second-order valence-corrected chi connectivity index (χ2v) is 6.88. The molecule has 6 nitrogen and oxygen atoms in total. The number of aryl methyl sites for hydroxylation is 1. The van der Waals surface area contributed by atoms with Gasteiger partial charge in [0.2, 0.25) is 15.9 Å². The second kappa shape index (κ2) is 7.64. The number of sulfonamides is 1. The molecule has 0 radical (unpaired) electrons. The molecule has 10 heteroatoms. The molecule has 1 aromatic rings. The van der Waals surface area contributed by atoms with Gasteiger partial charge in [-0.1, -0.05) is 12.1 Å². The van der Waals surface area contributed by atoms with Crippen molar-refractivity contribution in [3.05, 3.63) is 29.8 Å².